The van der Waals surface area contributed by atoms with Gasteiger partial charge in [-0.05, 0) is 49.4 Å². The Kier molecular flexibility index (Phi) is 4.11. The lowest BCUT2D eigenvalue weighted by Gasteiger charge is -2.14. The molecule has 1 atom stereocenters. The number of hydrogen-bond donors (Lipinski definition) is 0. The minimum Gasteiger partial charge on any atom is -0.223 e. The van der Waals surface area contributed by atoms with Gasteiger partial charge >= 0.3 is 0 Å². The zero-order valence-corrected chi connectivity index (χ0v) is 12.0. The number of sulfone groups is 1. The van der Waals surface area contributed by atoms with E-state index < -0.39 is 26.7 Å². The topological polar surface area (TPSA) is 34.1 Å². The fourth-order valence-electron chi connectivity index (χ4n) is 1.82. The van der Waals surface area contributed by atoms with Crippen LogP contribution in [-0.2, 0) is 9.84 Å². The Morgan fingerprint density at radius 2 is 1.65 bits per heavy atom. The second kappa shape index (κ2) is 5.50. The molecule has 2 aromatic carbocycles. The van der Waals surface area contributed by atoms with Gasteiger partial charge in [0.05, 0.1) is 10.1 Å². The molecule has 2 aromatic rings. The van der Waals surface area contributed by atoms with Crippen LogP contribution in [0, 0.1) is 11.6 Å². The Hall–Kier alpha value is -1.46. The van der Waals surface area contributed by atoms with E-state index >= 15 is 0 Å². The van der Waals surface area contributed by atoms with Gasteiger partial charge in [0, 0.05) is 10.6 Å². The molecule has 0 aliphatic rings. The normalized spacial score (nSPS) is 13.2. The van der Waals surface area contributed by atoms with Crippen LogP contribution in [-0.4, -0.2) is 8.42 Å². The lowest BCUT2D eigenvalue weighted by Crippen LogP contribution is -2.12. The number of halogens is 3. The molecule has 1 unspecified atom stereocenters. The smallest absolute Gasteiger partial charge is 0.185 e. The van der Waals surface area contributed by atoms with Crippen LogP contribution in [0.25, 0.3) is 0 Å². The summed E-state index contributed by atoms with van der Waals surface area (Å²) in [5, 5.41) is -0.798. The van der Waals surface area contributed by atoms with E-state index in [1.54, 1.807) is 0 Å². The molecule has 0 spiro atoms. The second-order valence-corrected chi connectivity index (χ2v) is 7.01. The molecule has 0 heterocycles. The van der Waals surface area contributed by atoms with Crippen molar-refractivity contribution in [3.05, 3.63) is 64.7 Å². The zero-order chi connectivity index (χ0) is 14.9. The van der Waals surface area contributed by atoms with Crippen molar-refractivity contribution in [2.75, 3.05) is 0 Å². The Morgan fingerprint density at radius 1 is 1.05 bits per heavy atom. The highest BCUT2D eigenvalue weighted by Gasteiger charge is 2.27. The SMILES string of the molecule is CC(c1cc(F)ccc1F)S(=O)(=O)c1ccc(Cl)cc1. The summed E-state index contributed by atoms with van der Waals surface area (Å²) in [5.41, 5.74) is -0.194. The molecule has 0 saturated carbocycles. The summed E-state index contributed by atoms with van der Waals surface area (Å²) >= 11 is 5.70. The number of benzene rings is 2. The van der Waals surface area contributed by atoms with E-state index in [9.17, 15) is 17.2 Å². The third kappa shape index (κ3) is 2.83. The van der Waals surface area contributed by atoms with Crippen LogP contribution in [0.3, 0.4) is 0 Å². The molecule has 0 aliphatic carbocycles. The van der Waals surface area contributed by atoms with E-state index in [0.717, 1.165) is 18.2 Å². The minimum absolute atomic E-state index is 0.0121. The average molecular weight is 317 g/mol. The predicted octanol–water partition coefficient (Wildman–Crippen LogP) is 4.15. The summed E-state index contributed by atoms with van der Waals surface area (Å²) in [6.45, 7) is 1.32. The lowest BCUT2D eigenvalue weighted by atomic mass is 10.1. The van der Waals surface area contributed by atoms with Crippen molar-refractivity contribution in [3.63, 3.8) is 0 Å². The van der Waals surface area contributed by atoms with Crippen molar-refractivity contribution in [1.82, 2.24) is 0 Å². The van der Waals surface area contributed by atoms with Gasteiger partial charge in [0.15, 0.2) is 9.84 Å². The molecule has 0 bridgehead atoms. The monoisotopic (exact) mass is 316 g/mol. The van der Waals surface area contributed by atoms with E-state index in [0.29, 0.717) is 5.02 Å². The number of rotatable bonds is 3. The molecule has 2 nitrogen and oxygen atoms in total. The molecule has 2 rings (SSSR count). The highest BCUT2D eigenvalue weighted by Crippen LogP contribution is 2.31. The Morgan fingerprint density at radius 3 is 2.25 bits per heavy atom. The Balaban J connectivity index is 2.48. The van der Waals surface area contributed by atoms with Gasteiger partial charge in [-0.15, -0.1) is 0 Å². The van der Waals surface area contributed by atoms with Crippen LogP contribution in [0.15, 0.2) is 47.4 Å². The summed E-state index contributed by atoms with van der Waals surface area (Å²) in [5.74, 6) is -1.43. The molecule has 0 aliphatic heterocycles. The van der Waals surface area contributed by atoms with Gasteiger partial charge in [0.2, 0.25) is 0 Å². The summed E-state index contributed by atoms with van der Waals surface area (Å²) in [4.78, 5) is 0.0121. The standard InChI is InChI=1S/C14H11ClF2O2S/c1-9(13-8-11(16)4-7-14(13)17)20(18,19)12-5-2-10(15)3-6-12/h2-9H,1H3. The van der Waals surface area contributed by atoms with Gasteiger partial charge in [-0.1, -0.05) is 11.6 Å². The van der Waals surface area contributed by atoms with Crippen molar-refractivity contribution in [2.45, 2.75) is 17.1 Å². The first-order chi connectivity index (χ1) is 9.32. The van der Waals surface area contributed by atoms with E-state index in [1.807, 2.05) is 0 Å². The van der Waals surface area contributed by atoms with Crippen molar-refractivity contribution >= 4 is 21.4 Å². The van der Waals surface area contributed by atoms with Crippen LogP contribution in [0.4, 0.5) is 8.78 Å². The maximum Gasteiger partial charge on any atom is 0.185 e. The molecule has 0 N–H and O–H groups in total. The van der Waals surface area contributed by atoms with Gasteiger partial charge in [-0.3, -0.25) is 0 Å². The molecule has 0 saturated heterocycles. The van der Waals surface area contributed by atoms with Crippen LogP contribution in [0.2, 0.25) is 5.02 Å². The fourth-order valence-corrected chi connectivity index (χ4v) is 3.39. The highest BCUT2D eigenvalue weighted by atomic mass is 35.5. The minimum atomic E-state index is -3.81. The first kappa shape index (κ1) is 14.9. The van der Waals surface area contributed by atoms with Crippen molar-refractivity contribution in [3.8, 4) is 0 Å². The van der Waals surface area contributed by atoms with Gasteiger partial charge < -0.3 is 0 Å². The van der Waals surface area contributed by atoms with E-state index in [2.05, 4.69) is 0 Å². The first-order valence-corrected chi connectivity index (χ1v) is 7.69. The van der Waals surface area contributed by atoms with Crippen LogP contribution in [0.5, 0.6) is 0 Å². The maximum absolute atomic E-state index is 13.7. The molecular formula is C14H11ClF2O2S. The van der Waals surface area contributed by atoms with Crippen LogP contribution >= 0.6 is 11.6 Å². The molecule has 0 aromatic heterocycles. The zero-order valence-electron chi connectivity index (χ0n) is 10.5. The first-order valence-electron chi connectivity index (χ1n) is 5.77. The van der Waals surface area contributed by atoms with Crippen molar-refractivity contribution in [1.29, 1.82) is 0 Å². The average Bonchev–Trinajstić information content (AvgIpc) is 2.41. The second-order valence-electron chi connectivity index (χ2n) is 4.31. The number of hydrogen-bond acceptors (Lipinski definition) is 2. The van der Waals surface area contributed by atoms with Gasteiger partial charge in [0.25, 0.3) is 0 Å². The summed E-state index contributed by atoms with van der Waals surface area (Å²) in [6, 6.07) is 8.30. The van der Waals surface area contributed by atoms with E-state index in [1.165, 1.54) is 31.2 Å². The summed E-state index contributed by atoms with van der Waals surface area (Å²) in [6.07, 6.45) is 0. The van der Waals surface area contributed by atoms with Crippen molar-refractivity contribution in [2.24, 2.45) is 0 Å². The molecule has 0 radical (unpaired) electrons. The van der Waals surface area contributed by atoms with Gasteiger partial charge in [-0.2, -0.15) is 0 Å². The van der Waals surface area contributed by atoms with Crippen molar-refractivity contribution < 1.29 is 17.2 Å². The molecule has 0 fully saturated rings. The highest BCUT2D eigenvalue weighted by molar-refractivity contribution is 7.91. The van der Waals surface area contributed by atoms with Crippen LogP contribution < -0.4 is 0 Å². The molecular weight excluding hydrogens is 306 g/mol. The van der Waals surface area contributed by atoms with E-state index in [-0.39, 0.29) is 10.5 Å². The Labute approximate surface area is 120 Å². The summed E-state index contributed by atoms with van der Waals surface area (Å²) in [7, 11) is -3.81. The Bertz CT molecular complexity index is 727. The largest absolute Gasteiger partial charge is 0.223 e. The third-order valence-corrected chi connectivity index (χ3v) is 5.37. The molecule has 6 heteroatoms. The molecule has 20 heavy (non-hydrogen) atoms. The van der Waals surface area contributed by atoms with Gasteiger partial charge in [-0.25, -0.2) is 17.2 Å². The van der Waals surface area contributed by atoms with E-state index in [4.69, 9.17) is 11.6 Å². The summed E-state index contributed by atoms with van der Waals surface area (Å²) < 4.78 is 51.6. The van der Waals surface area contributed by atoms with Gasteiger partial charge in [0.1, 0.15) is 11.6 Å². The molecule has 106 valence electrons. The fraction of sp³-hybridized carbons (Fsp3) is 0.143. The molecule has 0 amide bonds. The third-order valence-electron chi connectivity index (χ3n) is 3.00. The predicted molar refractivity (Wildman–Crippen MR) is 73.4 cm³/mol. The lowest BCUT2D eigenvalue weighted by molar-refractivity contribution is 0.565. The quantitative estimate of drug-likeness (QED) is 0.852. The van der Waals surface area contributed by atoms with Crippen LogP contribution in [0.1, 0.15) is 17.7 Å². The maximum atomic E-state index is 13.7.